The monoisotopic (exact) mass is 484 g/mol. The van der Waals surface area contributed by atoms with E-state index in [0.717, 1.165) is 5.56 Å². The van der Waals surface area contributed by atoms with Crippen LogP contribution < -0.4 is 14.4 Å². The van der Waals surface area contributed by atoms with Crippen LogP contribution in [-0.2, 0) is 16.4 Å². The van der Waals surface area contributed by atoms with Gasteiger partial charge in [-0.1, -0.05) is 48.5 Å². The van der Waals surface area contributed by atoms with E-state index in [1.807, 2.05) is 61.5 Å². The van der Waals surface area contributed by atoms with E-state index in [2.05, 4.69) is 5.32 Å². The molecule has 6 nitrogen and oxygen atoms in total. The van der Waals surface area contributed by atoms with Crippen LogP contribution in [0.2, 0.25) is 0 Å². The Hall–Kier alpha value is -4.10. The third-order valence-electron chi connectivity index (χ3n) is 5.87. The van der Waals surface area contributed by atoms with E-state index in [9.17, 15) is 13.2 Å². The highest BCUT2D eigenvalue weighted by Gasteiger charge is 2.36. The Morgan fingerprint density at radius 3 is 2.40 bits per heavy atom. The summed E-state index contributed by atoms with van der Waals surface area (Å²) in [5.74, 6) is 0.854. The molecule has 0 aromatic heterocycles. The lowest BCUT2D eigenvalue weighted by molar-refractivity contribution is 0.102. The van der Waals surface area contributed by atoms with E-state index < -0.39 is 15.9 Å². The zero-order valence-corrected chi connectivity index (χ0v) is 19.9. The number of benzene rings is 4. The van der Waals surface area contributed by atoms with Gasteiger partial charge in [0.2, 0.25) is 0 Å². The highest BCUT2D eigenvalue weighted by Crippen LogP contribution is 2.36. The van der Waals surface area contributed by atoms with Gasteiger partial charge in [-0.2, -0.15) is 0 Å². The van der Waals surface area contributed by atoms with Gasteiger partial charge in [-0.3, -0.25) is 9.10 Å². The molecule has 0 fully saturated rings. The van der Waals surface area contributed by atoms with E-state index in [1.165, 1.54) is 16.4 Å². The number of amides is 1. The van der Waals surface area contributed by atoms with Gasteiger partial charge in [0.05, 0.1) is 10.6 Å². The summed E-state index contributed by atoms with van der Waals surface area (Å²) < 4.78 is 34.4. The van der Waals surface area contributed by atoms with Gasteiger partial charge in [0, 0.05) is 23.4 Å². The van der Waals surface area contributed by atoms with Gasteiger partial charge in [0.1, 0.15) is 11.5 Å². The number of hydrogen-bond acceptors (Lipinski definition) is 4. The number of ether oxygens (including phenoxy) is 1. The topological polar surface area (TPSA) is 75.7 Å². The Balaban J connectivity index is 1.37. The lowest BCUT2D eigenvalue weighted by atomic mass is 10.1. The Bertz CT molecular complexity index is 1490. The number of anilines is 2. The summed E-state index contributed by atoms with van der Waals surface area (Å²) in [6.07, 6.45) is 0.650. The molecule has 7 heteroatoms. The first-order chi connectivity index (χ1) is 16.9. The first-order valence-corrected chi connectivity index (χ1v) is 12.7. The molecule has 4 aromatic carbocycles. The summed E-state index contributed by atoms with van der Waals surface area (Å²) in [5.41, 5.74) is 2.47. The normalized spacial score (nSPS) is 14.9. The van der Waals surface area contributed by atoms with Crippen LogP contribution in [-0.4, -0.2) is 20.4 Å². The van der Waals surface area contributed by atoms with Crippen molar-refractivity contribution in [3.05, 3.63) is 114 Å². The lowest BCUT2D eigenvalue weighted by Crippen LogP contribution is -2.35. The maximum Gasteiger partial charge on any atom is 0.264 e. The maximum atomic E-state index is 13.5. The Morgan fingerprint density at radius 1 is 0.857 bits per heavy atom. The molecule has 4 aromatic rings. The average Bonchev–Trinajstić information content (AvgIpc) is 3.21. The fourth-order valence-electron chi connectivity index (χ4n) is 4.28. The molecule has 0 bridgehead atoms. The predicted molar refractivity (Wildman–Crippen MR) is 137 cm³/mol. The second-order valence-electron chi connectivity index (χ2n) is 8.41. The third-order valence-corrected chi connectivity index (χ3v) is 7.79. The summed E-state index contributed by atoms with van der Waals surface area (Å²) >= 11 is 0. The first kappa shape index (κ1) is 22.7. The second-order valence-corrected chi connectivity index (χ2v) is 10.2. The summed E-state index contributed by atoms with van der Waals surface area (Å²) in [6.45, 7) is 1.89. The fourth-order valence-corrected chi connectivity index (χ4v) is 6.02. The molecule has 1 N–H and O–H groups in total. The number of carbonyl (C=O) groups is 1. The molecular weight excluding hydrogens is 460 g/mol. The van der Waals surface area contributed by atoms with Gasteiger partial charge in [-0.25, -0.2) is 8.42 Å². The molecule has 1 amide bonds. The highest BCUT2D eigenvalue weighted by molar-refractivity contribution is 7.92. The number of hydrogen-bond donors (Lipinski definition) is 1. The number of para-hydroxylation sites is 2. The van der Waals surface area contributed by atoms with E-state index in [1.54, 1.807) is 36.4 Å². The van der Waals surface area contributed by atoms with Crippen molar-refractivity contribution in [2.24, 2.45) is 0 Å². The average molecular weight is 485 g/mol. The number of nitrogens with zero attached hydrogens (tertiary/aromatic N) is 1. The first-order valence-electron chi connectivity index (χ1n) is 11.3. The molecule has 35 heavy (non-hydrogen) atoms. The lowest BCUT2D eigenvalue weighted by Gasteiger charge is -2.24. The molecule has 0 aliphatic carbocycles. The molecule has 5 rings (SSSR count). The minimum absolute atomic E-state index is 0.0786. The van der Waals surface area contributed by atoms with E-state index in [-0.39, 0.29) is 16.5 Å². The van der Waals surface area contributed by atoms with Crippen LogP contribution in [0.15, 0.2) is 108 Å². The van der Waals surface area contributed by atoms with Crippen molar-refractivity contribution in [1.82, 2.24) is 0 Å². The molecule has 0 unspecified atom stereocenters. The van der Waals surface area contributed by atoms with Crippen molar-refractivity contribution < 1.29 is 17.9 Å². The highest BCUT2D eigenvalue weighted by atomic mass is 32.2. The molecule has 1 atom stereocenters. The zero-order chi connectivity index (χ0) is 24.4. The largest absolute Gasteiger partial charge is 0.457 e. The van der Waals surface area contributed by atoms with Crippen molar-refractivity contribution in [2.75, 3.05) is 9.62 Å². The Labute approximate surface area is 204 Å². The van der Waals surface area contributed by atoms with Crippen LogP contribution in [0.25, 0.3) is 0 Å². The Morgan fingerprint density at radius 2 is 1.57 bits per heavy atom. The van der Waals surface area contributed by atoms with Crippen LogP contribution in [0.4, 0.5) is 11.4 Å². The SMILES string of the molecule is C[C@@H]1Cc2ccccc2N1S(=O)(=O)c1cccc(C(=O)Nc2cccc(Oc3ccccc3)c2)c1. The molecule has 1 heterocycles. The quantitative estimate of drug-likeness (QED) is 0.371. The summed E-state index contributed by atoms with van der Waals surface area (Å²) in [6, 6.07) is 29.8. The molecule has 1 aliphatic heterocycles. The summed E-state index contributed by atoms with van der Waals surface area (Å²) in [7, 11) is -3.84. The fraction of sp³-hybridized carbons (Fsp3) is 0.107. The van der Waals surface area contributed by atoms with Crippen LogP contribution >= 0.6 is 0 Å². The van der Waals surface area contributed by atoms with Gasteiger partial charge in [-0.05, 0) is 67.4 Å². The molecular formula is C28H24N2O4S. The van der Waals surface area contributed by atoms with Crippen molar-refractivity contribution in [2.45, 2.75) is 24.3 Å². The van der Waals surface area contributed by atoms with Crippen molar-refractivity contribution in [3.63, 3.8) is 0 Å². The van der Waals surface area contributed by atoms with Gasteiger partial charge < -0.3 is 10.1 Å². The number of nitrogens with one attached hydrogen (secondary N) is 1. The van der Waals surface area contributed by atoms with Gasteiger partial charge in [-0.15, -0.1) is 0 Å². The van der Waals surface area contributed by atoms with Crippen LogP contribution in [0.5, 0.6) is 11.5 Å². The maximum absolute atomic E-state index is 13.5. The van der Waals surface area contributed by atoms with Crippen LogP contribution in [0.1, 0.15) is 22.8 Å². The van der Waals surface area contributed by atoms with Crippen LogP contribution in [0.3, 0.4) is 0 Å². The standard InChI is InChI=1S/C28H24N2O4S/c1-20-17-21-9-5-6-16-27(21)30(20)35(32,33)26-15-7-10-22(18-26)28(31)29-23-11-8-14-25(19-23)34-24-12-3-2-4-13-24/h2-16,18-20H,17H2,1H3,(H,29,31)/t20-/m1/s1. The van der Waals surface area contributed by atoms with Gasteiger partial charge in [0.25, 0.3) is 15.9 Å². The van der Waals surface area contributed by atoms with Crippen molar-refractivity contribution in [3.8, 4) is 11.5 Å². The van der Waals surface area contributed by atoms with E-state index >= 15 is 0 Å². The predicted octanol–water partition coefficient (Wildman–Crippen LogP) is 5.87. The molecule has 0 radical (unpaired) electrons. The molecule has 1 aliphatic rings. The van der Waals surface area contributed by atoms with Gasteiger partial charge >= 0.3 is 0 Å². The van der Waals surface area contributed by atoms with Crippen LogP contribution in [0, 0.1) is 0 Å². The summed E-state index contributed by atoms with van der Waals surface area (Å²) in [5, 5.41) is 2.83. The molecule has 0 saturated heterocycles. The summed E-state index contributed by atoms with van der Waals surface area (Å²) in [4.78, 5) is 13.1. The third kappa shape index (κ3) is 4.63. The van der Waals surface area contributed by atoms with E-state index in [4.69, 9.17) is 4.74 Å². The minimum Gasteiger partial charge on any atom is -0.457 e. The number of fused-ring (bicyclic) bond motifs is 1. The second kappa shape index (κ2) is 9.27. The molecule has 176 valence electrons. The molecule has 0 saturated carbocycles. The van der Waals surface area contributed by atoms with Crippen molar-refractivity contribution in [1.29, 1.82) is 0 Å². The number of rotatable bonds is 6. The number of sulfonamides is 1. The van der Waals surface area contributed by atoms with E-state index in [0.29, 0.717) is 29.3 Å². The molecule has 0 spiro atoms. The van der Waals surface area contributed by atoms with Gasteiger partial charge in [0.15, 0.2) is 0 Å². The number of carbonyl (C=O) groups excluding carboxylic acids is 1. The van der Waals surface area contributed by atoms with Crippen molar-refractivity contribution >= 4 is 27.3 Å². The Kier molecular flexibility index (Phi) is 6.01. The zero-order valence-electron chi connectivity index (χ0n) is 19.1. The minimum atomic E-state index is -3.84. The smallest absolute Gasteiger partial charge is 0.264 e.